The molecule has 1 amide bonds. The highest BCUT2D eigenvalue weighted by Crippen LogP contribution is 2.39. The van der Waals surface area contributed by atoms with Crippen molar-refractivity contribution in [2.75, 3.05) is 12.1 Å². The molecule has 0 spiro atoms. The Labute approximate surface area is 184 Å². The second kappa shape index (κ2) is 7.33. The van der Waals surface area contributed by atoms with E-state index >= 15 is 0 Å². The molecule has 1 aliphatic carbocycles. The van der Waals surface area contributed by atoms with Crippen molar-refractivity contribution in [3.63, 3.8) is 0 Å². The Morgan fingerprint density at radius 3 is 2.72 bits per heavy atom. The van der Waals surface area contributed by atoms with Crippen LogP contribution >= 0.6 is 0 Å². The van der Waals surface area contributed by atoms with E-state index in [4.69, 9.17) is 9.47 Å². The van der Waals surface area contributed by atoms with Gasteiger partial charge in [-0.3, -0.25) is 4.79 Å². The van der Waals surface area contributed by atoms with E-state index in [-0.39, 0.29) is 18.6 Å². The van der Waals surface area contributed by atoms with Crippen molar-refractivity contribution >= 4 is 22.8 Å². The number of rotatable bonds is 5. The molecule has 0 bridgehead atoms. The van der Waals surface area contributed by atoms with Gasteiger partial charge >= 0.3 is 0 Å². The van der Waals surface area contributed by atoms with Crippen LogP contribution in [-0.2, 0) is 11.3 Å². The molecule has 3 heterocycles. The summed E-state index contributed by atoms with van der Waals surface area (Å²) in [4.78, 5) is 12.7. The highest BCUT2D eigenvalue weighted by atomic mass is 16.7. The van der Waals surface area contributed by atoms with E-state index in [0.29, 0.717) is 41.1 Å². The fourth-order valence-corrected chi connectivity index (χ4v) is 4.02. The van der Waals surface area contributed by atoms with Gasteiger partial charge in [0.15, 0.2) is 23.0 Å². The lowest BCUT2D eigenvalue weighted by molar-refractivity contribution is -0.117. The average molecular weight is 427 g/mol. The van der Waals surface area contributed by atoms with Gasteiger partial charge in [-0.2, -0.15) is 5.10 Å². The largest absolute Gasteiger partial charge is 0.454 e. The normalized spacial score (nSPS) is 18.7. The molecule has 0 unspecified atom stereocenters. The van der Waals surface area contributed by atoms with Gasteiger partial charge in [-0.15, -0.1) is 10.2 Å². The van der Waals surface area contributed by atoms with Gasteiger partial charge in [0.2, 0.25) is 12.7 Å². The molecule has 1 saturated carbocycles. The van der Waals surface area contributed by atoms with Crippen LogP contribution in [0.25, 0.3) is 22.3 Å². The van der Waals surface area contributed by atoms with E-state index in [1.54, 1.807) is 4.68 Å². The number of hydrogen-bond acceptors (Lipinski definition) is 6. The molecule has 1 aliphatic heterocycles. The summed E-state index contributed by atoms with van der Waals surface area (Å²) in [6.07, 6.45) is 0.913. The first kappa shape index (κ1) is 18.8. The smallest absolute Gasteiger partial charge is 0.231 e. The predicted octanol–water partition coefficient (Wildman–Crippen LogP) is 3.86. The highest BCUT2D eigenvalue weighted by molar-refractivity contribution is 6.01. The molecule has 2 aliphatic rings. The van der Waals surface area contributed by atoms with E-state index in [1.165, 1.54) is 0 Å². The van der Waals surface area contributed by atoms with Crippen LogP contribution in [-0.4, -0.2) is 32.7 Å². The summed E-state index contributed by atoms with van der Waals surface area (Å²) in [5.41, 5.74) is 3.24. The first-order valence-electron chi connectivity index (χ1n) is 10.6. The van der Waals surface area contributed by atoms with Crippen LogP contribution in [0.4, 0.5) is 5.82 Å². The van der Waals surface area contributed by atoms with Gasteiger partial charge in [0.05, 0.1) is 17.6 Å². The third kappa shape index (κ3) is 3.33. The SMILES string of the molecule is C[C@H]1C[C@H]1C(=O)Nc1nn(Cc2ccccc2)c2nnc(-c3ccc4c(c3)OCO4)cc12. The molecule has 8 nitrogen and oxygen atoms in total. The Bertz CT molecular complexity index is 1330. The van der Waals surface area contributed by atoms with Crippen LogP contribution in [0.15, 0.2) is 54.6 Å². The Balaban J connectivity index is 1.41. The molecule has 6 rings (SSSR count). The minimum Gasteiger partial charge on any atom is -0.454 e. The van der Waals surface area contributed by atoms with E-state index in [0.717, 1.165) is 22.9 Å². The lowest BCUT2D eigenvalue weighted by Crippen LogP contribution is -2.15. The first-order valence-corrected chi connectivity index (χ1v) is 10.6. The maximum atomic E-state index is 12.7. The molecule has 0 radical (unpaired) electrons. The molecule has 2 aromatic carbocycles. The summed E-state index contributed by atoms with van der Waals surface area (Å²) in [5.74, 6) is 2.37. The minimum absolute atomic E-state index is 0.00482. The maximum Gasteiger partial charge on any atom is 0.231 e. The number of carbonyl (C=O) groups excluding carboxylic acids is 1. The van der Waals surface area contributed by atoms with Gasteiger partial charge in [0.25, 0.3) is 0 Å². The van der Waals surface area contributed by atoms with Gasteiger partial charge in [-0.05, 0) is 42.2 Å². The van der Waals surface area contributed by atoms with Gasteiger partial charge < -0.3 is 14.8 Å². The second-order valence-corrected chi connectivity index (χ2v) is 8.34. The number of carbonyl (C=O) groups is 1. The molecule has 32 heavy (non-hydrogen) atoms. The van der Waals surface area contributed by atoms with Crippen molar-refractivity contribution in [2.45, 2.75) is 19.9 Å². The van der Waals surface area contributed by atoms with E-state index in [2.05, 4.69) is 27.5 Å². The lowest BCUT2D eigenvalue weighted by atomic mass is 10.1. The number of aromatic nitrogens is 4. The van der Waals surface area contributed by atoms with Crippen LogP contribution in [0.5, 0.6) is 11.5 Å². The number of amides is 1. The van der Waals surface area contributed by atoms with Crippen molar-refractivity contribution in [3.05, 3.63) is 60.2 Å². The topological polar surface area (TPSA) is 91.2 Å². The second-order valence-electron chi connectivity index (χ2n) is 8.34. The summed E-state index contributed by atoms with van der Waals surface area (Å²) < 4.78 is 12.7. The Morgan fingerprint density at radius 2 is 1.91 bits per heavy atom. The average Bonchev–Trinajstić information content (AvgIpc) is 3.23. The Kier molecular flexibility index (Phi) is 4.31. The summed E-state index contributed by atoms with van der Waals surface area (Å²) in [6.45, 7) is 2.83. The standard InChI is InChI=1S/C24H21N5O3/c1-14-9-17(14)24(30)25-22-18-11-19(16-7-8-20-21(10-16)32-13-31-20)26-27-23(18)29(28-22)12-15-5-3-2-4-6-15/h2-8,10-11,14,17H,9,12-13H2,1H3,(H,25,28,30)/t14-,17+/m0/s1. The zero-order chi connectivity index (χ0) is 21.7. The fourth-order valence-electron chi connectivity index (χ4n) is 4.02. The van der Waals surface area contributed by atoms with Crippen molar-refractivity contribution < 1.29 is 14.3 Å². The number of ether oxygens (including phenoxy) is 2. The predicted molar refractivity (Wildman–Crippen MR) is 118 cm³/mol. The lowest BCUT2D eigenvalue weighted by Gasteiger charge is -2.04. The molecular weight excluding hydrogens is 406 g/mol. The van der Waals surface area contributed by atoms with Crippen LogP contribution in [0.3, 0.4) is 0 Å². The van der Waals surface area contributed by atoms with Crippen LogP contribution in [0, 0.1) is 11.8 Å². The van der Waals surface area contributed by atoms with E-state index in [1.807, 2.05) is 54.6 Å². The molecule has 0 saturated heterocycles. The summed E-state index contributed by atoms with van der Waals surface area (Å²) in [7, 11) is 0. The Morgan fingerprint density at radius 1 is 1.09 bits per heavy atom. The van der Waals surface area contributed by atoms with Gasteiger partial charge in [-0.25, -0.2) is 4.68 Å². The summed E-state index contributed by atoms with van der Waals surface area (Å²) in [6, 6.07) is 17.6. The number of fused-ring (bicyclic) bond motifs is 2. The molecule has 1 N–H and O–H groups in total. The first-order chi connectivity index (χ1) is 15.7. The van der Waals surface area contributed by atoms with E-state index in [9.17, 15) is 4.79 Å². The number of anilines is 1. The van der Waals surface area contributed by atoms with Crippen LogP contribution < -0.4 is 14.8 Å². The maximum absolute atomic E-state index is 12.7. The molecule has 8 heteroatoms. The van der Waals surface area contributed by atoms with Gasteiger partial charge in [0, 0.05) is 11.5 Å². The molecule has 2 atom stereocenters. The van der Waals surface area contributed by atoms with E-state index < -0.39 is 0 Å². The molecule has 160 valence electrons. The van der Waals surface area contributed by atoms with Crippen molar-refractivity contribution in [1.82, 2.24) is 20.0 Å². The zero-order valence-corrected chi connectivity index (χ0v) is 17.5. The van der Waals surface area contributed by atoms with Crippen molar-refractivity contribution in [1.29, 1.82) is 0 Å². The van der Waals surface area contributed by atoms with Crippen LogP contribution in [0.2, 0.25) is 0 Å². The summed E-state index contributed by atoms with van der Waals surface area (Å²) in [5, 5.41) is 17.4. The van der Waals surface area contributed by atoms with Gasteiger partial charge in [0.1, 0.15) is 0 Å². The number of hydrogen-bond donors (Lipinski definition) is 1. The number of nitrogens with zero attached hydrogens (tertiary/aromatic N) is 4. The fraction of sp³-hybridized carbons (Fsp3) is 0.250. The third-order valence-corrected chi connectivity index (χ3v) is 6.03. The Hall–Kier alpha value is -3.94. The van der Waals surface area contributed by atoms with Crippen molar-refractivity contribution in [2.24, 2.45) is 11.8 Å². The zero-order valence-electron chi connectivity index (χ0n) is 17.5. The molecule has 2 aromatic heterocycles. The quantitative estimate of drug-likeness (QED) is 0.520. The minimum atomic E-state index is 0.00482. The number of nitrogens with one attached hydrogen (secondary N) is 1. The molecule has 1 fully saturated rings. The van der Waals surface area contributed by atoms with Crippen LogP contribution in [0.1, 0.15) is 18.9 Å². The monoisotopic (exact) mass is 427 g/mol. The summed E-state index contributed by atoms with van der Waals surface area (Å²) >= 11 is 0. The molecule has 4 aromatic rings. The van der Waals surface area contributed by atoms with Gasteiger partial charge in [-0.1, -0.05) is 37.3 Å². The molecular formula is C24H21N5O3. The third-order valence-electron chi connectivity index (χ3n) is 6.03. The highest BCUT2D eigenvalue weighted by Gasteiger charge is 2.39. The number of benzene rings is 2. The van der Waals surface area contributed by atoms with Crippen molar-refractivity contribution in [3.8, 4) is 22.8 Å².